The zero-order valence-corrected chi connectivity index (χ0v) is 6.09. The minimum Gasteiger partial charge on any atom is -0.399 e. The van der Waals surface area contributed by atoms with Gasteiger partial charge in [0, 0.05) is 12.2 Å². The predicted octanol–water partition coefficient (Wildman–Crippen LogP) is 0.988. The molecule has 0 spiro atoms. The average molecular weight is 136 g/mol. The summed E-state index contributed by atoms with van der Waals surface area (Å²) in [7, 11) is 1.92. The van der Waals surface area contributed by atoms with Crippen LogP contribution >= 0.6 is 0 Å². The maximum atomic E-state index is 5.56. The van der Waals surface area contributed by atoms with Gasteiger partial charge in [-0.25, -0.2) is 0 Å². The topological polar surface area (TPSA) is 38.0 Å². The first-order chi connectivity index (χ1) is 4.83. The molecule has 0 heterocycles. The van der Waals surface area contributed by atoms with Gasteiger partial charge in [0.25, 0.3) is 0 Å². The van der Waals surface area contributed by atoms with Crippen molar-refractivity contribution in [3.63, 3.8) is 0 Å². The molecule has 0 aliphatic heterocycles. The van der Waals surface area contributed by atoms with E-state index in [1.165, 1.54) is 5.56 Å². The van der Waals surface area contributed by atoms with E-state index in [-0.39, 0.29) is 0 Å². The van der Waals surface area contributed by atoms with Crippen molar-refractivity contribution in [2.75, 3.05) is 12.8 Å². The van der Waals surface area contributed by atoms with Gasteiger partial charge in [0.1, 0.15) is 0 Å². The van der Waals surface area contributed by atoms with Crippen LogP contribution < -0.4 is 11.1 Å². The summed E-state index contributed by atoms with van der Waals surface area (Å²) < 4.78 is 0. The van der Waals surface area contributed by atoms with Gasteiger partial charge in [0.05, 0.1) is 0 Å². The summed E-state index contributed by atoms with van der Waals surface area (Å²) in [6.07, 6.45) is 0. The van der Waals surface area contributed by atoms with Crippen LogP contribution in [0.5, 0.6) is 0 Å². The van der Waals surface area contributed by atoms with Gasteiger partial charge in [0.15, 0.2) is 0 Å². The highest BCUT2D eigenvalue weighted by molar-refractivity contribution is 5.40. The van der Waals surface area contributed by atoms with Gasteiger partial charge >= 0.3 is 0 Å². The molecule has 1 rings (SSSR count). The fourth-order valence-electron chi connectivity index (χ4n) is 0.907. The van der Waals surface area contributed by atoms with E-state index in [0.717, 1.165) is 12.2 Å². The zero-order chi connectivity index (χ0) is 7.40. The molecule has 54 valence electrons. The minimum absolute atomic E-state index is 0.827. The van der Waals surface area contributed by atoms with Crippen molar-refractivity contribution in [1.29, 1.82) is 0 Å². The number of nitrogens with one attached hydrogen (secondary N) is 1. The number of benzene rings is 1. The van der Waals surface area contributed by atoms with Crippen molar-refractivity contribution in [3.8, 4) is 0 Å². The summed E-state index contributed by atoms with van der Waals surface area (Å²) in [5, 5.41) is 3.06. The predicted molar refractivity (Wildman–Crippen MR) is 43.6 cm³/mol. The molecule has 0 bridgehead atoms. The third-order valence-corrected chi connectivity index (χ3v) is 1.33. The van der Waals surface area contributed by atoms with Crippen LogP contribution in [0.3, 0.4) is 0 Å². The molecule has 3 N–H and O–H groups in total. The summed E-state index contributed by atoms with van der Waals surface area (Å²) in [6.45, 7) is 0.880. The van der Waals surface area contributed by atoms with Crippen LogP contribution in [0, 0.1) is 0 Å². The van der Waals surface area contributed by atoms with E-state index in [1.807, 2.05) is 31.3 Å². The Morgan fingerprint density at radius 1 is 1.50 bits per heavy atom. The van der Waals surface area contributed by atoms with Crippen LogP contribution in [-0.2, 0) is 6.54 Å². The third-order valence-electron chi connectivity index (χ3n) is 1.33. The Labute approximate surface area is 61.1 Å². The van der Waals surface area contributed by atoms with Gasteiger partial charge in [-0.3, -0.25) is 0 Å². The van der Waals surface area contributed by atoms with Crippen LogP contribution in [0.25, 0.3) is 0 Å². The largest absolute Gasteiger partial charge is 0.399 e. The fourth-order valence-corrected chi connectivity index (χ4v) is 0.907. The summed E-state index contributed by atoms with van der Waals surface area (Å²) in [5.41, 5.74) is 7.61. The van der Waals surface area contributed by atoms with E-state index < -0.39 is 0 Å². The van der Waals surface area contributed by atoms with Crippen molar-refractivity contribution < 1.29 is 0 Å². The first-order valence-electron chi connectivity index (χ1n) is 3.32. The Hall–Kier alpha value is -1.02. The highest BCUT2D eigenvalue weighted by Crippen LogP contribution is 2.05. The number of hydrogen-bond acceptors (Lipinski definition) is 2. The third kappa shape index (κ3) is 1.74. The summed E-state index contributed by atoms with van der Waals surface area (Å²) in [5.74, 6) is 0. The normalized spacial score (nSPS) is 9.70. The second-order valence-electron chi connectivity index (χ2n) is 2.28. The number of nitrogen functional groups attached to an aromatic ring is 1. The monoisotopic (exact) mass is 136 g/mol. The van der Waals surface area contributed by atoms with Crippen LogP contribution in [-0.4, -0.2) is 7.05 Å². The average Bonchev–Trinajstić information content (AvgIpc) is 1.88. The van der Waals surface area contributed by atoms with Crippen molar-refractivity contribution >= 4 is 5.69 Å². The molecule has 0 saturated heterocycles. The van der Waals surface area contributed by atoms with E-state index >= 15 is 0 Å². The van der Waals surface area contributed by atoms with E-state index in [2.05, 4.69) is 5.32 Å². The molecule has 0 unspecified atom stereocenters. The molecule has 2 nitrogen and oxygen atoms in total. The molecule has 0 radical (unpaired) electrons. The molecule has 0 amide bonds. The maximum Gasteiger partial charge on any atom is 0.0317 e. The SMILES string of the molecule is CNCc1cccc(N)c1. The molecule has 10 heavy (non-hydrogen) atoms. The summed E-state index contributed by atoms with van der Waals surface area (Å²) in [6, 6.07) is 7.87. The second-order valence-corrected chi connectivity index (χ2v) is 2.28. The first-order valence-corrected chi connectivity index (χ1v) is 3.32. The first kappa shape index (κ1) is 7.09. The quantitative estimate of drug-likeness (QED) is 0.595. The minimum atomic E-state index is 0.827. The number of nitrogens with two attached hydrogens (primary N) is 1. The molecule has 0 fully saturated rings. The van der Waals surface area contributed by atoms with Crippen molar-refractivity contribution in [2.45, 2.75) is 6.54 Å². The van der Waals surface area contributed by atoms with Gasteiger partial charge in [-0.1, -0.05) is 12.1 Å². The lowest BCUT2D eigenvalue weighted by atomic mass is 10.2. The molecular formula is C8H12N2. The maximum absolute atomic E-state index is 5.56. The van der Waals surface area contributed by atoms with Crippen molar-refractivity contribution in [1.82, 2.24) is 5.32 Å². The lowest BCUT2D eigenvalue weighted by molar-refractivity contribution is 0.818. The van der Waals surface area contributed by atoms with E-state index in [1.54, 1.807) is 0 Å². The van der Waals surface area contributed by atoms with Crippen LogP contribution in [0.4, 0.5) is 5.69 Å². The van der Waals surface area contributed by atoms with E-state index in [0.29, 0.717) is 0 Å². The number of anilines is 1. The molecule has 0 aliphatic rings. The van der Waals surface area contributed by atoms with Gasteiger partial charge in [-0.05, 0) is 24.7 Å². The summed E-state index contributed by atoms with van der Waals surface area (Å²) in [4.78, 5) is 0. The molecule has 0 aliphatic carbocycles. The number of rotatable bonds is 2. The lowest BCUT2D eigenvalue weighted by Gasteiger charge is -1.99. The Kier molecular flexibility index (Phi) is 2.29. The molecule has 0 aromatic heterocycles. The molecule has 1 aromatic rings. The Morgan fingerprint density at radius 3 is 2.90 bits per heavy atom. The Morgan fingerprint density at radius 2 is 2.30 bits per heavy atom. The molecule has 0 saturated carbocycles. The van der Waals surface area contributed by atoms with Crippen molar-refractivity contribution in [2.24, 2.45) is 0 Å². The molecular weight excluding hydrogens is 124 g/mol. The molecule has 2 heteroatoms. The zero-order valence-electron chi connectivity index (χ0n) is 6.09. The fraction of sp³-hybridized carbons (Fsp3) is 0.250. The second kappa shape index (κ2) is 3.22. The smallest absolute Gasteiger partial charge is 0.0317 e. The summed E-state index contributed by atoms with van der Waals surface area (Å²) >= 11 is 0. The Bertz CT molecular complexity index is 208. The van der Waals surface area contributed by atoms with Crippen LogP contribution in [0.15, 0.2) is 24.3 Å². The van der Waals surface area contributed by atoms with Crippen LogP contribution in [0.2, 0.25) is 0 Å². The van der Waals surface area contributed by atoms with E-state index in [9.17, 15) is 0 Å². The Balaban J connectivity index is 2.75. The standard InChI is InChI=1S/C8H12N2/c1-10-6-7-3-2-4-8(9)5-7/h2-5,10H,6,9H2,1H3. The highest BCUT2D eigenvalue weighted by Gasteiger charge is 1.88. The van der Waals surface area contributed by atoms with Crippen molar-refractivity contribution in [3.05, 3.63) is 29.8 Å². The van der Waals surface area contributed by atoms with Gasteiger partial charge in [-0.15, -0.1) is 0 Å². The lowest BCUT2D eigenvalue weighted by Crippen LogP contribution is -2.04. The highest BCUT2D eigenvalue weighted by atomic mass is 14.8. The van der Waals surface area contributed by atoms with Gasteiger partial charge in [0.2, 0.25) is 0 Å². The van der Waals surface area contributed by atoms with Crippen LogP contribution in [0.1, 0.15) is 5.56 Å². The molecule has 1 aromatic carbocycles. The van der Waals surface area contributed by atoms with E-state index in [4.69, 9.17) is 5.73 Å². The molecule has 0 atom stereocenters. The van der Waals surface area contributed by atoms with Gasteiger partial charge < -0.3 is 11.1 Å². The van der Waals surface area contributed by atoms with Gasteiger partial charge in [-0.2, -0.15) is 0 Å². The number of hydrogen-bond donors (Lipinski definition) is 2.